The number of hydrogen-bond acceptors (Lipinski definition) is 4. The summed E-state index contributed by atoms with van der Waals surface area (Å²) in [7, 11) is -1.76. The van der Waals surface area contributed by atoms with Crippen LogP contribution in [0.5, 0.6) is 0 Å². The standard InChI is InChI=1S/C13H19N3O2S/c1-14-12-3-2-8-15-13(12)19(17,18)16(11-6-7-11)9-10-4-5-10/h2-3,8,10-11,14H,4-7,9H2,1H3. The van der Waals surface area contributed by atoms with Gasteiger partial charge in [0.15, 0.2) is 5.03 Å². The fourth-order valence-corrected chi connectivity index (χ4v) is 4.13. The van der Waals surface area contributed by atoms with Gasteiger partial charge < -0.3 is 5.32 Å². The lowest BCUT2D eigenvalue weighted by Crippen LogP contribution is -2.35. The van der Waals surface area contributed by atoms with Gasteiger partial charge in [-0.3, -0.25) is 0 Å². The normalized spacial score (nSPS) is 19.7. The molecule has 1 N–H and O–H groups in total. The van der Waals surface area contributed by atoms with E-state index in [1.165, 1.54) is 6.20 Å². The highest BCUT2D eigenvalue weighted by atomic mass is 32.2. The molecule has 1 heterocycles. The minimum atomic E-state index is -3.48. The molecule has 2 aliphatic rings. The van der Waals surface area contributed by atoms with Gasteiger partial charge in [0.05, 0.1) is 5.69 Å². The smallest absolute Gasteiger partial charge is 0.262 e. The SMILES string of the molecule is CNc1cccnc1S(=O)(=O)N(CC1CC1)C1CC1. The van der Waals surface area contributed by atoms with Gasteiger partial charge in [-0.1, -0.05) is 0 Å². The molecule has 0 saturated heterocycles. The maximum Gasteiger partial charge on any atom is 0.262 e. The number of anilines is 1. The molecule has 0 atom stereocenters. The van der Waals surface area contributed by atoms with E-state index in [9.17, 15) is 8.42 Å². The van der Waals surface area contributed by atoms with Crippen LogP contribution in [0.4, 0.5) is 5.69 Å². The fourth-order valence-electron chi connectivity index (χ4n) is 2.26. The van der Waals surface area contributed by atoms with Crippen LogP contribution in [0.3, 0.4) is 0 Å². The van der Waals surface area contributed by atoms with Crippen LogP contribution in [0, 0.1) is 5.92 Å². The van der Waals surface area contributed by atoms with Crippen molar-refractivity contribution >= 4 is 15.7 Å². The second-order valence-corrected chi connectivity index (χ2v) is 7.16. The van der Waals surface area contributed by atoms with Crippen molar-refractivity contribution in [1.82, 2.24) is 9.29 Å². The molecule has 0 spiro atoms. The number of hydrogen-bond donors (Lipinski definition) is 1. The molecular weight excluding hydrogens is 262 g/mol. The zero-order valence-corrected chi connectivity index (χ0v) is 11.9. The Morgan fingerprint density at radius 1 is 1.37 bits per heavy atom. The van der Waals surface area contributed by atoms with Crippen molar-refractivity contribution in [3.8, 4) is 0 Å². The number of pyridine rings is 1. The molecule has 3 rings (SSSR count). The number of aromatic nitrogens is 1. The Balaban J connectivity index is 1.94. The van der Waals surface area contributed by atoms with Gasteiger partial charge in [-0.05, 0) is 43.7 Å². The molecule has 2 aliphatic carbocycles. The molecule has 0 bridgehead atoms. The molecule has 0 aromatic carbocycles. The van der Waals surface area contributed by atoms with Crippen molar-refractivity contribution in [3.63, 3.8) is 0 Å². The fraction of sp³-hybridized carbons (Fsp3) is 0.615. The first-order chi connectivity index (χ1) is 9.13. The van der Waals surface area contributed by atoms with E-state index in [4.69, 9.17) is 0 Å². The van der Waals surface area contributed by atoms with E-state index in [0.717, 1.165) is 25.7 Å². The van der Waals surface area contributed by atoms with Crippen LogP contribution < -0.4 is 5.32 Å². The van der Waals surface area contributed by atoms with Crippen molar-refractivity contribution in [2.75, 3.05) is 18.9 Å². The van der Waals surface area contributed by atoms with Gasteiger partial charge in [0.2, 0.25) is 0 Å². The highest BCUT2D eigenvalue weighted by Gasteiger charge is 2.42. The summed E-state index contributed by atoms with van der Waals surface area (Å²) in [6.45, 7) is 0.659. The van der Waals surface area contributed by atoms with Crippen molar-refractivity contribution in [1.29, 1.82) is 0 Å². The molecule has 104 valence electrons. The van der Waals surface area contributed by atoms with Gasteiger partial charge in [0, 0.05) is 25.8 Å². The first kappa shape index (κ1) is 12.9. The van der Waals surface area contributed by atoms with Crippen LogP contribution in [0.15, 0.2) is 23.4 Å². The third-order valence-electron chi connectivity index (χ3n) is 3.68. The summed E-state index contributed by atoms with van der Waals surface area (Å²) in [4.78, 5) is 4.09. The van der Waals surface area contributed by atoms with Crippen LogP contribution in [-0.4, -0.2) is 37.3 Å². The summed E-state index contributed by atoms with van der Waals surface area (Å²) in [6, 6.07) is 3.69. The average Bonchev–Trinajstić information content (AvgIpc) is 3.28. The molecule has 0 unspecified atom stereocenters. The molecule has 2 saturated carbocycles. The van der Waals surface area contributed by atoms with Crippen LogP contribution in [0.1, 0.15) is 25.7 Å². The number of sulfonamides is 1. The summed E-state index contributed by atoms with van der Waals surface area (Å²) in [5.74, 6) is 0.553. The molecule has 19 heavy (non-hydrogen) atoms. The van der Waals surface area contributed by atoms with E-state index < -0.39 is 10.0 Å². The Kier molecular flexibility index (Phi) is 3.22. The monoisotopic (exact) mass is 281 g/mol. The largest absolute Gasteiger partial charge is 0.386 e. The topological polar surface area (TPSA) is 62.3 Å². The highest BCUT2D eigenvalue weighted by Crippen LogP contribution is 2.38. The van der Waals surface area contributed by atoms with E-state index in [2.05, 4.69) is 10.3 Å². The Morgan fingerprint density at radius 3 is 2.68 bits per heavy atom. The van der Waals surface area contributed by atoms with Crippen molar-refractivity contribution in [2.45, 2.75) is 36.8 Å². The zero-order valence-electron chi connectivity index (χ0n) is 11.0. The van der Waals surface area contributed by atoms with Gasteiger partial charge in [-0.15, -0.1) is 0 Å². The van der Waals surface area contributed by atoms with Gasteiger partial charge in [0.1, 0.15) is 0 Å². The summed E-state index contributed by atoms with van der Waals surface area (Å²) in [5, 5.41) is 3.07. The third-order valence-corrected chi connectivity index (χ3v) is 5.56. The molecule has 1 aromatic heterocycles. The molecule has 1 aromatic rings. The van der Waals surface area contributed by atoms with Crippen LogP contribution in [0.2, 0.25) is 0 Å². The van der Waals surface area contributed by atoms with E-state index >= 15 is 0 Å². The minimum absolute atomic E-state index is 0.157. The first-order valence-corrected chi connectivity index (χ1v) is 8.21. The lowest BCUT2D eigenvalue weighted by molar-refractivity contribution is 0.387. The number of nitrogens with one attached hydrogen (secondary N) is 1. The Labute approximate surface area is 114 Å². The van der Waals surface area contributed by atoms with E-state index in [1.807, 2.05) is 0 Å². The lowest BCUT2D eigenvalue weighted by Gasteiger charge is -2.22. The van der Waals surface area contributed by atoms with Crippen LogP contribution in [-0.2, 0) is 10.0 Å². The Hall–Kier alpha value is -1.14. The molecule has 0 amide bonds. The van der Waals surface area contributed by atoms with Crippen molar-refractivity contribution < 1.29 is 8.42 Å². The number of nitrogens with zero attached hydrogens (tertiary/aromatic N) is 2. The predicted octanol–water partition coefficient (Wildman–Crippen LogP) is 1.69. The van der Waals surface area contributed by atoms with Gasteiger partial charge in [-0.2, -0.15) is 4.31 Å². The Bertz CT molecular complexity index is 565. The summed E-state index contributed by atoms with van der Waals surface area (Å²) >= 11 is 0. The second kappa shape index (κ2) is 4.76. The van der Waals surface area contributed by atoms with Gasteiger partial charge >= 0.3 is 0 Å². The lowest BCUT2D eigenvalue weighted by atomic mass is 10.4. The second-order valence-electron chi connectivity index (χ2n) is 5.36. The quantitative estimate of drug-likeness (QED) is 0.862. The van der Waals surface area contributed by atoms with E-state index in [1.54, 1.807) is 23.5 Å². The third kappa shape index (κ3) is 2.60. The summed E-state index contributed by atoms with van der Waals surface area (Å²) < 4.78 is 27.2. The van der Waals surface area contributed by atoms with E-state index in [0.29, 0.717) is 18.2 Å². The minimum Gasteiger partial charge on any atom is -0.386 e. The zero-order chi connectivity index (χ0) is 13.5. The van der Waals surface area contributed by atoms with Crippen molar-refractivity contribution in [2.24, 2.45) is 5.92 Å². The van der Waals surface area contributed by atoms with E-state index in [-0.39, 0.29) is 11.1 Å². The molecule has 6 heteroatoms. The number of rotatable bonds is 6. The Morgan fingerprint density at radius 2 is 2.11 bits per heavy atom. The van der Waals surface area contributed by atoms with Crippen molar-refractivity contribution in [3.05, 3.63) is 18.3 Å². The predicted molar refractivity (Wildman–Crippen MR) is 73.4 cm³/mol. The summed E-state index contributed by atoms with van der Waals surface area (Å²) in [5.41, 5.74) is 0.573. The maximum absolute atomic E-state index is 12.8. The molecule has 0 radical (unpaired) electrons. The van der Waals surface area contributed by atoms with Gasteiger partial charge in [0.25, 0.3) is 10.0 Å². The average molecular weight is 281 g/mol. The molecule has 0 aliphatic heterocycles. The molecule has 5 nitrogen and oxygen atoms in total. The summed E-state index contributed by atoms with van der Waals surface area (Å²) in [6.07, 6.45) is 5.80. The van der Waals surface area contributed by atoms with Gasteiger partial charge in [-0.25, -0.2) is 13.4 Å². The van der Waals surface area contributed by atoms with Crippen LogP contribution in [0.25, 0.3) is 0 Å². The van der Waals surface area contributed by atoms with Crippen LogP contribution >= 0.6 is 0 Å². The molecular formula is C13H19N3O2S. The molecule has 2 fully saturated rings. The first-order valence-electron chi connectivity index (χ1n) is 6.77. The highest BCUT2D eigenvalue weighted by molar-refractivity contribution is 7.89. The maximum atomic E-state index is 12.8.